The molecule has 130 valence electrons. The lowest BCUT2D eigenvalue weighted by Gasteiger charge is -2.37. The minimum Gasteiger partial charge on any atom is -0.464 e. The number of benzene rings is 2. The maximum atomic E-state index is 13.3. The molecular weight excluding hydrogens is 371 g/mol. The topological polar surface area (TPSA) is 24.8 Å². The molecular formula is C20H14ClFN2OS. The summed E-state index contributed by atoms with van der Waals surface area (Å²) >= 11 is 7.87. The van der Waals surface area contributed by atoms with Crippen LogP contribution >= 0.6 is 22.9 Å². The van der Waals surface area contributed by atoms with Crippen molar-refractivity contribution in [2.24, 2.45) is 5.10 Å². The zero-order chi connectivity index (χ0) is 17.7. The predicted molar refractivity (Wildman–Crippen MR) is 101 cm³/mol. The monoisotopic (exact) mass is 384 g/mol. The van der Waals surface area contributed by atoms with E-state index in [2.05, 4.69) is 6.07 Å². The smallest absolute Gasteiger partial charge is 0.222 e. The van der Waals surface area contributed by atoms with Crippen LogP contribution in [0, 0.1) is 5.82 Å². The van der Waals surface area contributed by atoms with Crippen molar-refractivity contribution < 1.29 is 9.13 Å². The number of hydrogen-bond donors (Lipinski definition) is 0. The Labute approximate surface area is 159 Å². The third kappa shape index (κ3) is 2.59. The minimum atomic E-state index is -0.272. The maximum Gasteiger partial charge on any atom is 0.222 e. The molecule has 0 unspecified atom stereocenters. The van der Waals surface area contributed by atoms with Crippen molar-refractivity contribution >= 4 is 28.6 Å². The fraction of sp³-hybridized carbons (Fsp3) is 0.150. The van der Waals surface area contributed by atoms with Crippen LogP contribution in [0.4, 0.5) is 4.39 Å². The van der Waals surface area contributed by atoms with Gasteiger partial charge in [0.2, 0.25) is 6.23 Å². The standard InChI is InChI=1S/C20H14ClFN2OS/c21-13-5-8-18-15(10-13)17-11-16(12-3-6-14(22)7-4-12)23-24(17)20(25-18)19-2-1-9-26-19/h1-10,17,20H,11H2/t17-,20+/m1/s1. The summed E-state index contributed by atoms with van der Waals surface area (Å²) in [5.74, 6) is 0.589. The third-order valence-electron chi connectivity index (χ3n) is 4.72. The van der Waals surface area contributed by atoms with Crippen LogP contribution in [0.3, 0.4) is 0 Å². The van der Waals surface area contributed by atoms with Crippen LogP contribution in [0.15, 0.2) is 65.1 Å². The lowest BCUT2D eigenvalue weighted by molar-refractivity contribution is -0.0165. The number of ether oxygens (including phenoxy) is 1. The molecule has 2 aliphatic heterocycles. The Bertz CT molecular complexity index is 988. The molecule has 0 radical (unpaired) electrons. The van der Waals surface area contributed by atoms with Crippen molar-refractivity contribution in [2.75, 3.05) is 0 Å². The quantitative estimate of drug-likeness (QED) is 0.559. The summed E-state index contributed by atoms with van der Waals surface area (Å²) in [5.41, 5.74) is 2.88. The number of thiophene rings is 1. The number of hydrogen-bond acceptors (Lipinski definition) is 4. The molecule has 2 aliphatic rings. The summed E-state index contributed by atoms with van der Waals surface area (Å²) in [7, 11) is 0. The molecule has 0 N–H and O–H groups in total. The van der Waals surface area contributed by atoms with Crippen LogP contribution in [0.1, 0.15) is 34.7 Å². The zero-order valence-electron chi connectivity index (χ0n) is 13.6. The fourth-order valence-electron chi connectivity index (χ4n) is 3.49. The van der Waals surface area contributed by atoms with Crippen molar-refractivity contribution in [3.8, 4) is 5.75 Å². The second kappa shape index (κ2) is 6.11. The molecule has 5 rings (SSSR count). The van der Waals surface area contributed by atoms with Crippen LogP contribution in [0.5, 0.6) is 5.75 Å². The van der Waals surface area contributed by atoms with E-state index >= 15 is 0 Å². The van der Waals surface area contributed by atoms with Gasteiger partial charge in [-0.05, 0) is 47.3 Å². The molecule has 3 nitrogen and oxygen atoms in total. The molecule has 2 aromatic carbocycles. The number of hydrazone groups is 1. The summed E-state index contributed by atoms with van der Waals surface area (Å²) < 4.78 is 19.5. The van der Waals surface area contributed by atoms with E-state index in [0.717, 1.165) is 33.9 Å². The lowest BCUT2D eigenvalue weighted by Crippen LogP contribution is -2.33. The Hall–Kier alpha value is -2.37. The van der Waals surface area contributed by atoms with Gasteiger partial charge in [-0.3, -0.25) is 0 Å². The first-order valence-electron chi connectivity index (χ1n) is 8.30. The molecule has 0 aliphatic carbocycles. The molecule has 0 saturated heterocycles. The molecule has 0 fully saturated rings. The van der Waals surface area contributed by atoms with Gasteiger partial charge < -0.3 is 4.74 Å². The highest BCUT2D eigenvalue weighted by Crippen LogP contribution is 2.48. The van der Waals surface area contributed by atoms with Crippen molar-refractivity contribution in [2.45, 2.75) is 18.7 Å². The Morgan fingerprint density at radius 3 is 2.77 bits per heavy atom. The number of rotatable bonds is 2. The van der Waals surface area contributed by atoms with Gasteiger partial charge in [-0.25, -0.2) is 9.40 Å². The average molecular weight is 385 g/mol. The molecule has 0 saturated carbocycles. The first-order chi connectivity index (χ1) is 12.7. The SMILES string of the molecule is Fc1ccc(C2=NN3[C@H](C2)c2cc(Cl)ccc2O[C@H]3c2cccs2)cc1. The van der Waals surface area contributed by atoms with E-state index < -0.39 is 0 Å². The van der Waals surface area contributed by atoms with Gasteiger partial charge in [-0.1, -0.05) is 29.8 Å². The highest BCUT2D eigenvalue weighted by Gasteiger charge is 2.41. The molecule has 0 spiro atoms. The van der Waals surface area contributed by atoms with Crippen LogP contribution < -0.4 is 4.74 Å². The van der Waals surface area contributed by atoms with Gasteiger partial charge in [-0.2, -0.15) is 5.10 Å². The van der Waals surface area contributed by atoms with Crippen LogP contribution in [-0.4, -0.2) is 10.7 Å². The minimum absolute atomic E-state index is 0.0459. The van der Waals surface area contributed by atoms with Gasteiger partial charge in [-0.15, -0.1) is 11.3 Å². The van der Waals surface area contributed by atoms with Crippen LogP contribution in [0.25, 0.3) is 0 Å². The Kier molecular flexibility index (Phi) is 3.72. The van der Waals surface area contributed by atoms with Gasteiger partial charge in [0.05, 0.1) is 16.6 Å². The van der Waals surface area contributed by atoms with E-state index in [4.69, 9.17) is 21.4 Å². The van der Waals surface area contributed by atoms with Gasteiger partial charge in [0, 0.05) is 17.0 Å². The Morgan fingerprint density at radius 2 is 2.00 bits per heavy atom. The largest absolute Gasteiger partial charge is 0.464 e. The van der Waals surface area contributed by atoms with Gasteiger partial charge >= 0.3 is 0 Å². The number of halogens is 2. The molecule has 3 aromatic rings. The Morgan fingerprint density at radius 1 is 1.15 bits per heavy atom. The van der Waals surface area contributed by atoms with E-state index in [1.54, 1.807) is 23.5 Å². The van der Waals surface area contributed by atoms with Crippen molar-refractivity contribution in [3.05, 3.63) is 86.8 Å². The third-order valence-corrected chi connectivity index (χ3v) is 5.85. The molecule has 1 aromatic heterocycles. The molecule has 2 atom stereocenters. The molecule has 6 heteroatoms. The van der Waals surface area contributed by atoms with Crippen molar-refractivity contribution in [3.63, 3.8) is 0 Å². The molecule has 0 amide bonds. The maximum absolute atomic E-state index is 13.3. The first-order valence-corrected chi connectivity index (χ1v) is 9.56. The molecule has 3 heterocycles. The van der Waals surface area contributed by atoms with Crippen molar-refractivity contribution in [1.82, 2.24) is 5.01 Å². The Balaban J connectivity index is 1.60. The summed E-state index contributed by atoms with van der Waals surface area (Å²) in [5, 5.41) is 9.56. The summed E-state index contributed by atoms with van der Waals surface area (Å²) in [6, 6.07) is 16.3. The van der Waals surface area contributed by atoms with E-state index in [9.17, 15) is 4.39 Å². The molecule has 0 bridgehead atoms. The van der Waals surface area contributed by atoms with E-state index in [0.29, 0.717) is 5.02 Å². The highest BCUT2D eigenvalue weighted by atomic mass is 35.5. The number of nitrogens with zero attached hydrogens (tertiary/aromatic N) is 2. The summed E-state index contributed by atoms with van der Waals surface area (Å²) in [4.78, 5) is 1.10. The van der Waals surface area contributed by atoms with E-state index in [-0.39, 0.29) is 18.1 Å². The van der Waals surface area contributed by atoms with Gasteiger partial charge in [0.15, 0.2) is 0 Å². The lowest BCUT2D eigenvalue weighted by atomic mass is 9.96. The average Bonchev–Trinajstić information content (AvgIpc) is 3.32. The summed E-state index contributed by atoms with van der Waals surface area (Å²) in [6.45, 7) is 0. The number of fused-ring (bicyclic) bond motifs is 3. The second-order valence-corrected chi connectivity index (χ2v) is 7.74. The zero-order valence-corrected chi connectivity index (χ0v) is 15.2. The van der Waals surface area contributed by atoms with Crippen molar-refractivity contribution in [1.29, 1.82) is 0 Å². The van der Waals surface area contributed by atoms with Crippen LogP contribution in [-0.2, 0) is 0 Å². The predicted octanol–water partition coefficient (Wildman–Crippen LogP) is 5.78. The molecule has 26 heavy (non-hydrogen) atoms. The summed E-state index contributed by atoms with van der Waals surface area (Å²) in [6.07, 6.45) is 0.455. The van der Waals surface area contributed by atoms with Gasteiger partial charge in [0.25, 0.3) is 0 Å². The second-order valence-electron chi connectivity index (χ2n) is 6.32. The normalized spacial score (nSPS) is 21.0. The highest BCUT2D eigenvalue weighted by molar-refractivity contribution is 7.10. The van der Waals surface area contributed by atoms with Gasteiger partial charge in [0.1, 0.15) is 11.6 Å². The fourth-order valence-corrected chi connectivity index (χ4v) is 4.42. The van der Waals surface area contributed by atoms with E-state index in [1.165, 1.54) is 12.1 Å². The van der Waals surface area contributed by atoms with Crippen LogP contribution in [0.2, 0.25) is 5.02 Å². The van der Waals surface area contributed by atoms with E-state index in [1.807, 2.05) is 34.7 Å². The first kappa shape index (κ1) is 15.9.